The minimum atomic E-state index is -0.618. The monoisotopic (exact) mass is 656 g/mol. The third kappa shape index (κ3) is 8.16. The molecular weight excluding hydrogens is 608 g/mol. The molecule has 4 aromatic rings. The van der Waals surface area contributed by atoms with Crippen LogP contribution in [0.15, 0.2) is 48.7 Å². The van der Waals surface area contributed by atoms with Crippen LogP contribution in [0, 0.1) is 0 Å². The standard InChI is InChI=1S/C36H48N8O4/c1-9-47-36(5,6)33-42-41-31-19-16-23(22-44(31)33)48-28-18-17-26(24-13-10-11-14-25(24)28)37-34(46)40-30-21-29(35(2,3)4)38-32(39-30)27(45)15-12-20-43(7)8/h10-11,13-14,16,19,21-22,26,28H,9,12,15,17-18,20H2,1-8H3,(H2,37,38,39,40,46)/t26-,28+/m0/s1. The van der Waals surface area contributed by atoms with E-state index in [-0.39, 0.29) is 29.2 Å². The Morgan fingerprint density at radius 3 is 2.46 bits per heavy atom. The van der Waals surface area contributed by atoms with Gasteiger partial charge in [-0.3, -0.25) is 14.5 Å². The second kappa shape index (κ2) is 14.4. The van der Waals surface area contributed by atoms with E-state index >= 15 is 0 Å². The minimum absolute atomic E-state index is 0.123. The molecule has 5 rings (SSSR count). The van der Waals surface area contributed by atoms with Crippen LogP contribution in [-0.2, 0) is 15.8 Å². The lowest BCUT2D eigenvalue weighted by Gasteiger charge is -2.32. The topological polar surface area (TPSA) is 136 Å². The maximum atomic E-state index is 13.4. The number of anilines is 1. The fourth-order valence-electron chi connectivity index (χ4n) is 5.96. The molecule has 2 amide bonds. The molecule has 0 unspecified atom stereocenters. The lowest BCUT2D eigenvalue weighted by Crippen LogP contribution is -2.36. The summed E-state index contributed by atoms with van der Waals surface area (Å²) in [4.78, 5) is 37.4. The van der Waals surface area contributed by atoms with Crippen LogP contribution in [0.5, 0.6) is 5.75 Å². The molecule has 0 saturated carbocycles. The molecule has 1 aliphatic rings. The van der Waals surface area contributed by atoms with E-state index in [2.05, 4.69) is 30.8 Å². The molecule has 2 atom stereocenters. The minimum Gasteiger partial charge on any atom is -0.484 e. The smallest absolute Gasteiger partial charge is 0.320 e. The highest BCUT2D eigenvalue weighted by atomic mass is 16.5. The number of pyridine rings is 1. The Morgan fingerprint density at radius 2 is 1.75 bits per heavy atom. The van der Waals surface area contributed by atoms with Gasteiger partial charge in [-0.15, -0.1) is 10.2 Å². The molecule has 12 nitrogen and oxygen atoms in total. The number of rotatable bonds is 12. The lowest BCUT2D eigenvalue weighted by molar-refractivity contribution is -0.0215. The van der Waals surface area contributed by atoms with Gasteiger partial charge in [-0.05, 0) is 83.9 Å². The average molecular weight is 657 g/mol. The number of Topliss-reactive ketones (excluding diaryl/α,β-unsaturated/α-hetero) is 1. The Kier molecular flexibility index (Phi) is 10.4. The number of aromatic nitrogens is 5. The Bertz CT molecular complexity index is 1760. The van der Waals surface area contributed by atoms with Gasteiger partial charge in [-0.2, -0.15) is 0 Å². The third-order valence-electron chi connectivity index (χ3n) is 8.43. The fraction of sp³-hybridized carbons (Fsp3) is 0.500. The molecule has 0 fully saturated rings. The SMILES string of the molecule is CCOC(C)(C)c1nnc2ccc(O[C@@H]3CC[C@H](NC(=O)Nc4cc(C(C)(C)C)nc(C(=O)CCCN(C)C)n4)c4ccccc43)cn12. The molecular formula is C36H48N8O4. The first-order valence-corrected chi connectivity index (χ1v) is 16.6. The summed E-state index contributed by atoms with van der Waals surface area (Å²) in [7, 11) is 3.94. The van der Waals surface area contributed by atoms with Gasteiger partial charge in [0.25, 0.3) is 0 Å². The van der Waals surface area contributed by atoms with Crippen LogP contribution >= 0.6 is 0 Å². The van der Waals surface area contributed by atoms with Crippen molar-refractivity contribution >= 4 is 23.3 Å². The van der Waals surface area contributed by atoms with Crippen LogP contribution in [0.3, 0.4) is 0 Å². The first-order chi connectivity index (χ1) is 22.7. The van der Waals surface area contributed by atoms with Crippen LogP contribution in [0.1, 0.15) is 113 Å². The summed E-state index contributed by atoms with van der Waals surface area (Å²) in [5.74, 6) is 1.66. The van der Waals surface area contributed by atoms with Crippen molar-refractivity contribution in [2.45, 2.75) is 90.4 Å². The van der Waals surface area contributed by atoms with Crippen molar-refractivity contribution in [3.63, 3.8) is 0 Å². The summed E-state index contributed by atoms with van der Waals surface area (Å²) >= 11 is 0. The summed E-state index contributed by atoms with van der Waals surface area (Å²) < 4.78 is 14.4. The van der Waals surface area contributed by atoms with Gasteiger partial charge in [0.05, 0.1) is 17.9 Å². The largest absolute Gasteiger partial charge is 0.484 e. The van der Waals surface area contributed by atoms with Gasteiger partial charge in [-0.25, -0.2) is 14.8 Å². The number of hydrogen-bond acceptors (Lipinski definition) is 9. The highest BCUT2D eigenvalue weighted by Gasteiger charge is 2.31. The molecule has 1 aliphatic carbocycles. The van der Waals surface area contributed by atoms with Crippen molar-refractivity contribution < 1.29 is 19.1 Å². The van der Waals surface area contributed by atoms with E-state index in [1.807, 2.05) is 108 Å². The van der Waals surface area contributed by atoms with Crippen LogP contribution in [-0.4, -0.2) is 68.5 Å². The van der Waals surface area contributed by atoms with Crippen LogP contribution < -0.4 is 15.4 Å². The van der Waals surface area contributed by atoms with Crippen molar-refractivity contribution in [1.29, 1.82) is 0 Å². The van der Waals surface area contributed by atoms with Gasteiger partial charge >= 0.3 is 6.03 Å². The van der Waals surface area contributed by atoms with E-state index in [4.69, 9.17) is 9.47 Å². The van der Waals surface area contributed by atoms with Gasteiger partial charge in [0, 0.05) is 24.5 Å². The van der Waals surface area contributed by atoms with E-state index in [0.717, 1.165) is 17.7 Å². The summed E-state index contributed by atoms with van der Waals surface area (Å²) in [6.45, 7) is 13.3. The second-order valence-corrected chi connectivity index (χ2v) is 14.1. The molecule has 1 aromatic carbocycles. The Balaban J connectivity index is 1.31. The van der Waals surface area contributed by atoms with Crippen LogP contribution in [0.25, 0.3) is 5.65 Å². The van der Waals surface area contributed by atoms with Crippen molar-refractivity contribution in [2.24, 2.45) is 0 Å². The number of hydrogen-bond donors (Lipinski definition) is 2. The van der Waals surface area contributed by atoms with Crippen molar-refractivity contribution in [3.05, 3.63) is 77.1 Å². The molecule has 3 heterocycles. The molecule has 0 radical (unpaired) electrons. The van der Waals surface area contributed by atoms with Gasteiger partial charge in [-0.1, -0.05) is 45.0 Å². The number of nitrogens with zero attached hydrogens (tertiary/aromatic N) is 6. The maximum Gasteiger partial charge on any atom is 0.320 e. The van der Waals surface area contributed by atoms with Crippen molar-refractivity contribution in [1.82, 2.24) is 34.8 Å². The molecule has 0 bridgehead atoms. The Hall–Kier alpha value is -4.42. The van der Waals surface area contributed by atoms with E-state index in [1.54, 1.807) is 6.07 Å². The molecule has 12 heteroatoms. The maximum absolute atomic E-state index is 13.4. The number of ketones is 1. The molecule has 0 saturated heterocycles. The number of fused-ring (bicyclic) bond motifs is 2. The number of nitrogens with one attached hydrogen (secondary N) is 2. The number of amides is 2. The molecule has 48 heavy (non-hydrogen) atoms. The number of carbonyl (C=O) groups excluding carboxylic acids is 2. The predicted octanol–water partition coefficient (Wildman–Crippen LogP) is 6.39. The molecule has 256 valence electrons. The molecule has 3 aromatic heterocycles. The van der Waals surface area contributed by atoms with Gasteiger partial charge in [0.1, 0.15) is 23.3 Å². The Labute approximate surface area is 282 Å². The zero-order valence-corrected chi connectivity index (χ0v) is 29.3. The van der Waals surface area contributed by atoms with Gasteiger partial charge in [0.15, 0.2) is 23.1 Å². The highest BCUT2D eigenvalue weighted by Crippen LogP contribution is 2.39. The quantitative estimate of drug-likeness (QED) is 0.166. The van der Waals surface area contributed by atoms with E-state index in [1.165, 1.54) is 0 Å². The van der Waals surface area contributed by atoms with E-state index in [0.29, 0.717) is 61.0 Å². The third-order valence-corrected chi connectivity index (χ3v) is 8.43. The average Bonchev–Trinajstić information content (AvgIpc) is 3.46. The number of benzene rings is 1. The lowest BCUT2D eigenvalue weighted by atomic mass is 9.85. The summed E-state index contributed by atoms with van der Waals surface area (Å²) in [5, 5.41) is 14.7. The van der Waals surface area contributed by atoms with Crippen molar-refractivity contribution in [3.8, 4) is 5.75 Å². The zero-order valence-electron chi connectivity index (χ0n) is 29.3. The molecule has 0 aliphatic heterocycles. The highest BCUT2D eigenvalue weighted by molar-refractivity contribution is 5.94. The molecule has 2 N–H and O–H groups in total. The Morgan fingerprint density at radius 1 is 1.00 bits per heavy atom. The van der Waals surface area contributed by atoms with Gasteiger partial charge in [0.2, 0.25) is 0 Å². The number of carbonyl (C=O) groups is 2. The first kappa shape index (κ1) is 34.9. The number of urea groups is 1. The normalized spacial score (nSPS) is 16.5. The summed E-state index contributed by atoms with van der Waals surface area (Å²) in [6.07, 6.45) is 4.08. The first-order valence-electron chi connectivity index (χ1n) is 16.6. The number of ether oxygens (including phenoxy) is 2. The van der Waals surface area contributed by atoms with Gasteiger partial charge < -0.3 is 19.7 Å². The summed E-state index contributed by atoms with van der Waals surface area (Å²) in [6, 6.07) is 12.9. The van der Waals surface area contributed by atoms with Crippen LogP contribution in [0.4, 0.5) is 10.6 Å². The molecule has 0 spiro atoms. The fourth-order valence-corrected chi connectivity index (χ4v) is 5.96. The summed E-state index contributed by atoms with van der Waals surface area (Å²) in [5.41, 5.74) is 2.43. The predicted molar refractivity (Wildman–Crippen MR) is 184 cm³/mol. The van der Waals surface area contributed by atoms with Crippen LogP contribution in [0.2, 0.25) is 0 Å². The second-order valence-electron chi connectivity index (χ2n) is 14.1. The zero-order chi connectivity index (χ0) is 34.6. The van der Waals surface area contributed by atoms with Crippen molar-refractivity contribution in [2.75, 3.05) is 32.6 Å². The van der Waals surface area contributed by atoms with E-state index in [9.17, 15) is 9.59 Å². The van der Waals surface area contributed by atoms with E-state index < -0.39 is 11.6 Å².